The predicted molar refractivity (Wildman–Crippen MR) is 156 cm³/mol. The number of carboxylic acid groups (broad SMARTS) is 2. The number of ether oxygens (including phenoxy) is 2. The SMILES string of the molecule is C.CC(C)(C)OC(=O)CCC1(CC(=O)O)CCC(=O)CC1.CC(C)(C)OC(=O)CCC1(CC(=O)O)CCC(N)CC1. The average Bonchev–Trinajstić information content (AvgIpc) is 2.78. The molecule has 2 aliphatic rings. The van der Waals surface area contributed by atoms with Gasteiger partial charge in [0.05, 0.1) is 12.8 Å². The number of hydrogen-bond donors (Lipinski definition) is 3. The molecule has 2 fully saturated rings. The number of rotatable bonds is 10. The maximum Gasteiger partial charge on any atom is 0.306 e. The largest absolute Gasteiger partial charge is 0.481 e. The number of carboxylic acids is 2. The highest BCUT2D eigenvalue weighted by atomic mass is 16.6. The zero-order chi connectivity index (χ0) is 30.8. The van der Waals surface area contributed by atoms with Crippen molar-refractivity contribution in [2.75, 3.05) is 0 Å². The van der Waals surface area contributed by atoms with Crippen molar-refractivity contribution in [1.82, 2.24) is 0 Å². The standard InChI is InChI=1S/C15H27NO4.C15H24O5.CH4/c2*1-14(2,3)20-13(19)6-9-15(10-12(17)18)7-4-11(16)5-8-15;/h11H,4-10,16H2,1-3H3,(H,17,18);4-10H2,1-3H3,(H,17,18);1H4. The van der Waals surface area contributed by atoms with Crippen LogP contribution >= 0.6 is 0 Å². The summed E-state index contributed by atoms with van der Waals surface area (Å²) in [5.74, 6) is -2.05. The third-order valence-electron chi connectivity index (χ3n) is 7.57. The van der Waals surface area contributed by atoms with Crippen molar-refractivity contribution in [3.8, 4) is 0 Å². The first kappa shape index (κ1) is 38.5. The lowest BCUT2D eigenvalue weighted by Gasteiger charge is -2.38. The highest BCUT2D eigenvalue weighted by Gasteiger charge is 2.38. The number of carbonyl (C=O) groups is 5. The Balaban J connectivity index is 0.000000762. The van der Waals surface area contributed by atoms with Crippen molar-refractivity contribution in [2.45, 2.75) is 156 Å². The van der Waals surface area contributed by atoms with Crippen LogP contribution in [-0.4, -0.2) is 57.1 Å². The van der Waals surface area contributed by atoms with Gasteiger partial charge in [0.2, 0.25) is 0 Å². The number of carbonyl (C=O) groups excluding carboxylic acids is 3. The van der Waals surface area contributed by atoms with Gasteiger partial charge in [0, 0.05) is 31.7 Å². The van der Waals surface area contributed by atoms with Crippen LogP contribution in [-0.2, 0) is 33.4 Å². The van der Waals surface area contributed by atoms with E-state index in [-0.39, 0.29) is 62.3 Å². The van der Waals surface area contributed by atoms with E-state index in [1.165, 1.54) is 0 Å². The first-order valence-corrected chi connectivity index (χ1v) is 14.4. The molecule has 238 valence electrons. The molecule has 2 saturated carbocycles. The molecule has 10 nitrogen and oxygen atoms in total. The zero-order valence-corrected chi connectivity index (χ0v) is 25.3. The third kappa shape index (κ3) is 16.5. The molecule has 0 amide bonds. The van der Waals surface area contributed by atoms with E-state index in [1.807, 2.05) is 20.8 Å². The summed E-state index contributed by atoms with van der Waals surface area (Å²) in [6.45, 7) is 10.9. The Bertz CT molecular complexity index is 880. The van der Waals surface area contributed by atoms with Gasteiger partial charge in [-0.25, -0.2) is 0 Å². The number of esters is 2. The molecule has 0 heterocycles. The lowest BCUT2D eigenvalue weighted by atomic mass is 9.68. The predicted octanol–water partition coefficient (Wildman–Crippen LogP) is 5.82. The van der Waals surface area contributed by atoms with E-state index in [0.29, 0.717) is 38.5 Å². The highest BCUT2D eigenvalue weighted by Crippen LogP contribution is 2.43. The van der Waals surface area contributed by atoms with Gasteiger partial charge in [-0.3, -0.25) is 24.0 Å². The second-order valence-electron chi connectivity index (χ2n) is 13.7. The molecule has 2 aliphatic carbocycles. The molecule has 0 spiro atoms. The van der Waals surface area contributed by atoms with E-state index in [0.717, 1.165) is 25.7 Å². The van der Waals surface area contributed by atoms with Crippen molar-refractivity contribution >= 4 is 29.7 Å². The lowest BCUT2D eigenvalue weighted by molar-refractivity contribution is -0.157. The molecule has 10 heteroatoms. The first-order chi connectivity index (χ1) is 18.2. The molecule has 41 heavy (non-hydrogen) atoms. The normalized spacial score (nSPS) is 22.3. The molecular weight excluding hydrogens is 530 g/mol. The van der Waals surface area contributed by atoms with Gasteiger partial charge in [-0.2, -0.15) is 0 Å². The number of aliphatic carboxylic acids is 2. The van der Waals surface area contributed by atoms with E-state index >= 15 is 0 Å². The molecule has 0 aromatic carbocycles. The van der Waals surface area contributed by atoms with E-state index in [4.69, 9.17) is 25.4 Å². The zero-order valence-electron chi connectivity index (χ0n) is 25.3. The third-order valence-corrected chi connectivity index (χ3v) is 7.57. The summed E-state index contributed by atoms with van der Waals surface area (Å²) < 4.78 is 10.5. The van der Waals surface area contributed by atoms with Gasteiger partial charge in [-0.05, 0) is 104 Å². The van der Waals surface area contributed by atoms with E-state index in [1.54, 1.807) is 20.8 Å². The van der Waals surface area contributed by atoms with Crippen LogP contribution in [0.5, 0.6) is 0 Å². The van der Waals surface area contributed by atoms with Crippen LogP contribution in [0.25, 0.3) is 0 Å². The van der Waals surface area contributed by atoms with Crippen molar-refractivity contribution in [3.63, 3.8) is 0 Å². The molecule has 2 rings (SSSR count). The lowest BCUT2D eigenvalue weighted by Crippen LogP contribution is -2.36. The minimum Gasteiger partial charge on any atom is -0.481 e. The summed E-state index contributed by atoms with van der Waals surface area (Å²) in [5, 5.41) is 18.1. The van der Waals surface area contributed by atoms with Crippen LogP contribution in [0.4, 0.5) is 0 Å². The number of hydrogen-bond acceptors (Lipinski definition) is 8. The number of ketones is 1. The molecule has 0 radical (unpaired) electrons. The minimum atomic E-state index is -0.872. The average molecular weight is 586 g/mol. The van der Waals surface area contributed by atoms with Crippen molar-refractivity contribution in [3.05, 3.63) is 0 Å². The Hall–Kier alpha value is -2.49. The van der Waals surface area contributed by atoms with E-state index in [2.05, 4.69) is 0 Å². The summed E-state index contributed by atoms with van der Waals surface area (Å²) in [6.07, 6.45) is 6.84. The molecule has 0 aromatic heterocycles. The molecule has 0 saturated heterocycles. The summed E-state index contributed by atoms with van der Waals surface area (Å²) in [6, 6.07) is 0.165. The quantitative estimate of drug-likeness (QED) is 0.265. The number of Topliss-reactive ketones (excluding diaryl/α,β-unsaturated/α-hetero) is 1. The van der Waals surface area contributed by atoms with Gasteiger partial charge >= 0.3 is 23.9 Å². The molecule has 0 aliphatic heterocycles. The van der Waals surface area contributed by atoms with E-state index < -0.39 is 28.6 Å². The maximum absolute atomic E-state index is 11.8. The Morgan fingerprint density at radius 3 is 1.41 bits per heavy atom. The fourth-order valence-electron chi connectivity index (χ4n) is 5.50. The monoisotopic (exact) mass is 585 g/mol. The summed E-state index contributed by atoms with van der Waals surface area (Å²) in [7, 11) is 0. The second-order valence-corrected chi connectivity index (χ2v) is 13.7. The Kier molecular flexibility index (Phi) is 15.2. The van der Waals surface area contributed by atoms with Crippen LogP contribution in [0.3, 0.4) is 0 Å². The number of nitrogens with two attached hydrogens (primary N) is 1. The molecular formula is C31H55NO9. The van der Waals surface area contributed by atoms with Crippen LogP contribution in [0.15, 0.2) is 0 Å². The van der Waals surface area contributed by atoms with E-state index in [9.17, 15) is 24.0 Å². The Labute approximate surface area is 246 Å². The molecule has 0 unspecified atom stereocenters. The Morgan fingerprint density at radius 1 is 0.756 bits per heavy atom. The molecule has 0 atom stereocenters. The van der Waals surface area contributed by atoms with Crippen LogP contribution in [0.2, 0.25) is 0 Å². The summed E-state index contributed by atoms with van der Waals surface area (Å²) in [4.78, 5) is 57.0. The topological polar surface area (TPSA) is 170 Å². The first-order valence-electron chi connectivity index (χ1n) is 14.4. The summed E-state index contributed by atoms with van der Waals surface area (Å²) >= 11 is 0. The minimum absolute atomic E-state index is 0. The van der Waals surface area contributed by atoms with Crippen LogP contribution in [0.1, 0.15) is 139 Å². The van der Waals surface area contributed by atoms with Gasteiger partial charge in [0.1, 0.15) is 17.0 Å². The fourth-order valence-corrected chi connectivity index (χ4v) is 5.50. The Morgan fingerprint density at radius 2 is 1.10 bits per heavy atom. The van der Waals surface area contributed by atoms with Gasteiger partial charge in [-0.15, -0.1) is 0 Å². The van der Waals surface area contributed by atoms with Crippen molar-refractivity contribution in [2.24, 2.45) is 16.6 Å². The van der Waals surface area contributed by atoms with Gasteiger partial charge in [-0.1, -0.05) is 7.43 Å². The van der Waals surface area contributed by atoms with Gasteiger partial charge in [0.25, 0.3) is 0 Å². The van der Waals surface area contributed by atoms with Crippen molar-refractivity contribution in [1.29, 1.82) is 0 Å². The molecule has 4 N–H and O–H groups in total. The molecule has 0 aromatic rings. The van der Waals surface area contributed by atoms with Gasteiger partial charge in [0.15, 0.2) is 0 Å². The maximum atomic E-state index is 11.8. The molecule has 0 bridgehead atoms. The smallest absolute Gasteiger partial charge is 0.306 e. The summed E-state index contributed by atoms with van der Waals surface area (Å²) in [5.41, 5.74) is 4.14. The van der Waals surface area contributed by atoms with Crippen LogP contribution < -0.4 is 5.73 Å². The second kappa shape index (κ2) is 16.2. The fraction of sp³-hybridized carbons (Fsp3) is 0.839. The van der Waals surface area contributed by atoms with Gasteiger partial charge < -0.3 is 25.4 Å². The van der Waals surface area contributed by atoms with Crippen LogP contribution in [0, 0.1) is 10.8 Å². The highest BCUT2D eigenvalue weighted by molar-refractivity contribution is 5.80. The van der Waals surface area contributed by atoms with Crippen molar-refractivity contribution < 1.29 is 43.7 Å².